The molecular weight excluding hydrogens is 481 g/mol. The summed E-state index contributed by atoms with van der Waals surface area (Å²) in [7, 11) is 0. The third-order valence-electron chi connectivity index (χ3n) is 4.35. The molecule has 2 aromatic carbocycles. The molecule has 0 heterocycles. The summed E-state index contributed by atoms with van der Waals surface area (Å²) < 4.78 is 16.9. The summed E-state index contributed by atoms with van der Waals surface area (Å²) in [5.41, 5.74) is 3.51. The predicted octanol–water partition coefficient (Wildman–Crippen LogP) is 4.35. The SMILES string of the molecule is CCOc1cc(/C=N\NC(=O)C(=O)NCCCOC(C)C)ccc1OCc1c(Cl)cccc1Cl. The number of halogens is 2. The van der Waals surface area contributed by atoms with Gasteiger partial charge in [-0.3, -0.25) is 9.59 Å². The molecule has 0 atom stereocenters. The first-order valence-corrected chi connectivity index (χ1v) is 11.6. The van der Waals surface area contributed by atoms with Crippen LogP contribution in [0.2, 0.25) is 10.0 Å². The molecule has 8 nitrogen and oxygen atoms in total. The van der Waals surface area contributed by atoms with E-state index in [9.17, 15) is 9.59 Å². The minimum atomic E-state index is -0.859. The fourth-order valence-corrected chi connectivity index (χ4v) is 3.21. The van der Waals surface area contributed by atoms with Crippen molar-refractivity contribution in [2.75, 3.05) is 19.8 Å². The van der Waals surface area contributed by atoms with E-state index < -0.39 is 11.8 Å². The van der Waals surface area contributed by atoms with Crippen LogP contribution in [0.3, 0.4) is 0 Å². The van der Waals surface area contributed by atoms with Gasteiger partial charge < -0.3 is 19.5 Å². The first kappa shape index (κ1) is 27.4. The normalized spacial score (nSPS) is 11.0. The van der Waals surface area contributed by atoms with Gasteiger partial charge in [-0.25, -0.2) is 5.43 Å². The number of ether oxygens (including phenoxy) is 3. The molecule has 0 aliphatic carbocycles. The van der Waals surface area contributed by atoms with Crippen LogP contribution in [0.4, 0.5) is 0 Å². The van der Waals surface area contributed by atoms with Crippen LogP contribution in [0.25, 0.3) is 0 Å². The Morgan fingerprint density at radius 3 is 2.47 bits per heavy atom. The van der Waals surface area contributed by atoms with Crippen LogP contribution in [-0.2, 0) is 20.9 Å². The highest BCUT2D eigenvalue weighted by molar-refractivity contribution is 6.36. The molecule has 0 aliphatic heterocycles. The Morgan fingerprint density at radius 1 is 1.06 bits per heavy atom. The number of amides is 2. The second-order valence-electron chi connectivity index (χ2n) is 7.36. The second-order valence-corrected chi connectivity index (χ2v) is 8.17. The highest BCUT2D eigenvalue weighted by atomic mass is 35.5. The van der Waals surface area contributed by atoms with Crippen LogP contribution in [0.1, 0.15) is 38.3 Å². The van der Waals surface area contributed by atoms with E-state index in [4.69, 9.17) is 37.4 Å². The van der Waals surface area contributed by atoms with Gasteiger partial charge in [0.1, 0.15) is 6.61 Å². The number of hydrogen-bond donors (Lipinski definition) is 2. The van der Waals surface area contributed by atoms with Gasteiger partial charge in [0.05, 0.1) is 18.9 Å². The lowest BCUT2D eigenvalue weighted by atomic mass is 10.2. The van der Waals surface area contributed by atoms with Crippen LogP contribution in [-0.4, -0.2) is 43.9 Å². The summed E-state index contributed by atoms with van der Waals surface area (Å²) in [6, 6.07) is 10.4. The van der Waals surface area contributed by atoms with Gasteiger partial charge in [0.25, 0.3) is 0 Å². The second kappa shape index (κ2) is 14.5. The Balaban J connectivity index is 1.91. The summed E-state index contributed by atoms with van der Waals surface area (Å²) >= 11 is 12.4. The number of hydrogen-bond acceptors (Lipinski definition) is 6. The van der Waals surface area contributed by atoms with Crippen LogP contribution in [0.15, 0.2) is 41.5 Å². The Morgan fingerprint density at radius 2 is 1.79 bits per heavy atom. The molecule has 0 bridgehead atoms. The van der Waals surface area contributed by atoms with Crippen LogP contribution in [0, 0.1) is 0 Å². The fourth-order valence-electron chi connectivity index (χ4n) is 2.70. The van der Waals surface area contributed by atoms with E-state index in [1.807, 2.05) is 20.8 Å². The topological polar surface area (TPSA) is 98.2 Å². The van der Waals surface area contributed by atoms with Gasteiger partial charge in [-0.1, -0.05) is 29.3 Å². The molecule has 0 spiro atoms. The standard InChI is InChI=1S/C24H29Cl2N3O5/c1-4-32-22-13-17(9-10-21(22)34-15-18-19(25)7-5-8-20(18)26)14-28-29-24(31)23(30)27-11-6-12-33-16(2)3/h5,7-10,13-14,16H,4,6,11-12,15H2,1-3H3,(H,27,30)(H,29,31)/b28-14-. The van der Waals surface area contributed by atoms with Crippen molar-refractivity contribution in [2.45, 2.75) is 39.9 Å². The van der Waals surface area contributed by atoms with Crippen molar-refractivity contribution in [3.05, 3.63) is 57.6 Å². The zero-order valence-electron chi connectivity index (χ0n) is 19.4. The number of carbonyl (C=O) groups is 2. The third kappa shape index (κ3) is 9.21. The van der Waals surface area contributed by atoms with Gasteiger partial charge in [0, 0.05) is 28.8 Å². The molecule has 0 fully saturated rings. The van der Waals surface area contributed by atoms with Crippen molar-refractivity contribution >= 4 is 41.2 Å². The molecule has 10 heteroatoms. The molecule has 0 aromatic heterocycles. The van der Waals surface area contributed by atoms with Gasteiger partial charge in [-0.2, -0.15) is 5.10 Å². The molecule has 2 amide bonds. The maximum absolute atomic E-state index is 11.9. The lowest BCUT2D eigenvalue weighted by molar-refractivity contribution is -0.139. The maximum atomic E-state index is 11.9. The highest BCUT2D eigenvalue weighted by Crippen LogP contribution is 2.31. The zero-order chi connectivity index (χ0) is 24.9. The van der Waals surface area contributed by atoms with Gasteiger partial charge in [-0.15, -0.1) is 0 Å². The fraction of sp³-hybridized carbons (Fsp3) is 0.375. The Labute approximate surface area is 209 Å². The Bertz CT molecular complexity index is 978. The van der Waals surface area contributed by atoms with E-state index in [1.165, 1.54) is 6.21 Å². The Kier molecular flexibility index (Phi) is 11.7. The van der Waals surface area contributed by atoms with E-state index in [0.717, 1.165) is 0 Å². The molecule has 0 saturated heterocycles. The van der Waals surface area contributed by atoms with E-state index in [2.05, 4.69) is 15.8 Å². The molecule has 0 aliphatic rings. The van der Waals surface area contributed by atoms with Crippen LogP contribution < -0.4 is 20.2 Å². The first-order chi connectivity index (χ1) is 16.3. The van der Waals surface area contributed by atoms with Gasteiger partial charge in [0.15, 0.2) is 11.5 Å². The van der Waals surface area contributed by atoms with Crippen LogP contribution in [0.5, 0.6) is 11.5 Å². The summed E-state index contributed by atoms with van der Waals surface area (Å²) in [6.07, 6.45) is 2.13. The maximum Gasteiger partial charge on any atom is 0.329 e. The largest absolute Gasteiger partial charge is 0.490 e. The molecular formula is C24H29Cl2N3O5. The quantitative estimate of drug-likeness (QED) is 0.192. The van der Waals surface area contributed by atoms with Crippen molar-refractivity contribution in [1.82, 2.24) is 10.7 Å². The van der Waals surface area contributed by atoms with Crippen molar-refractivity contribution in [1.29, 1.82) is 0 Å². The first-order valence-electron chi connectivity index (χ1n) is 10.9. The van der Waals surface area contributed by atoms with Crippen LogP contribution >= 0.6 is 23.2 Å². The number of nitrogens with zero attached hydrogens (tertiary/aromatic N) is 1. The average molecular weight is 510 g/mol. The minimum Gasteiger partial charge on any atom is -0.490 e. The summed E-state index contributed by atoms with van der Waals surface area (Å²) in [4.78, 5) is 23.7. The Hall–Kier alpha value is -2.81. The van der Waals surface area contributed by atoms with Crippen molar-refractivity contribution in [3.8, 4) is 11.5 Å². The average Bonchev–Trinajstić information content (AvgIpc) is 2.79. The third-order valence-corrected chi connectivity index (χ3v) is 5.05. The number of rotatable bonds is 12. The molecule has 0 saturated carbocycles. The molecule has 2 rings (SSSR count). The minimum absolute atomic E-state index is 0.123. The smallest absolute Gasteiger partial charge is 0.329 e. The molecule has 34 heavy (non-hydrogen) atoms. The number of hydrazone groups is 1. The lowest BCUT2D eigenvalue weighted by Gasteiger charge is -2.14. The van der Waals surface area contributed by atoms with E-state index in [-0.39, 0.29) is 12.7 Å². The van der Waals surface area contributed by atoms with Gasteiger partial charge in [0.2, 0.25) is 0 Å². The molecule has 2 N–H and O–H groups in total. The lowest BCUT2D eigenvalue weighted by Crippen LogP contribution is -2.38. The summed E-state index contributed by atoms with van der Waals surface area (Å²) in [6.45, 7) is 7.14. The number of carbonyl (C=O) groups excluding carboxylic acids is 2. The molecule has 0 unspecified atom stereocenters. The predicted molar refractivity (Wildman–Crippen MR) is 133 cm³/mol. The number of nitrogens with one attached hydrogen (secondary N) is 2. The van der Waals surface area contributed by atoms with E-state index >= 15 is 0 Å². The van der Waals surface area contributed by atoms with Gasteiger partial charge >= 0.3 is 11.8 Å². The van der Waals surface area contributed by atoms with E-state index in [0.29, 0.717) is 58.9 Å². The van der Waals surface area contributed by atoms with Crippen molar-refractivity contribution < 1.29 is 23.8 Å². The van der Waals surface area contributed by atoms with E-state index in [1.54, 1.807) is 36.4 Å². The molecule has 0 radical (unpaired) electrons. The highest BCUT2D eigenvalue weighted by Gasteiger charge is 2.12. The summed E-state index contributed by atoms with van der Waals surface area (Å²) in [5, 5.41) is 7.37. The monoisotopic (exact) mass is 509 g/mol. The van der Waals surface area contributed by atoms with Crippen molar-refractivity contribution in [3.63, 3.8) is 0 Å². The molecule has 2 aromatic rings. The number of benzene rings is 2. The van der Waals surface area contributed by atoms with Crippen molar-refractivity contribution in [2.24, 2.45) is 5.10 Å². The zero-order valence-corrected chi connectivity index (χ0v) is 20.9. The summed E-state index contributed by atoms with van der Waals surface area (Å²) in [5.74, 6) is -0.636. The van der Waals surface area contributed by atoms with Gasteiger partial charge in [-0.05, 0) is 63.1 Å². The molecule has 184 valence electrons.